The van der Waals surface area contributed by atoms with Gasteiger partial charge in [-0.15, -0.1) is 0 Å². The van der Waals surface area contributed by atoms with Gasteiger partial charge in [-0.05, 0) is 47.8 Å². The molecule has 0 fully saturated rings. The molecule has 0 spiro atoms. The van der Waals surface area contributed by atoms with Gasteiger partial charge in [0.2, 0.25) is 0 Å². The molecule has 29 heavy (non-hydrogen) atoms. The third kappa shape index (κ3) is 5.13. The second kappa shape index (κ2) is 9.84. The summed E-state index contributed by atoms with van der Waals surface area (Å²) < 4.78 is 34.6. The number of aliphatic hydroxyl groups is 1. The smallest absolute Gasteiger partial charge is 0.167 e. The zero-order valence-corrected chi connectivity index (χ0v) is 17.2. The number of methoxy groups -OCH3 is 1. The molecule has 5 nitrogen and oxygen atoms in total. The van der Waals surface area contributed by atoms with Crippen molar-refractivity contribution >= 4 is 11.8 Å². The lowest BCUT2D eigenvalue weighted by Gasteiger charge is -2.11. The predicted octanol–water partition coefficient (Wildman–Crippen LogP) is 4.40. The van der Waals surface area contributed by atoms with Gasteiger partial charge in [0.1, 0.15) is 17.4 Å². The van der Waals surface area contributed by atoms with Crippen molar-refractivity contribution in [3.05, 3.63) is 59.4 Å². The molecule has 0 radical (unpaired) electrons. The van der Waals surface area contributed by atoms with Crippen LogP contribution in [0.3, 0.4) is 0 Å². The summed E-state index contributed by atoms with van der Waals surface area (Å²) in [5.74, 6) is 2.17. The molecule has 8 heteroatoms. The molecule has 2 aromatic carbocycles. The van der Waals surface area contributed by atoms with Crippen molar-refractivity contribution in [2.24, 2.45) is 0 Å². The molecule has 0 saturated heterocycles. The highest BCUT2D eigenvalue weighted by Gasteiger charge is 2.18. The molecule has 3 aromatic rings. The number of benzene rings is 2. The van der Waals surface area contributed by atoms with E-state index in [9.17, 15) is 13.9 Å². The van der Waals surface area contributed by atoms with Crippen molar-refractivity contribution in [2.75, 3.05) is 18.6 Å². The molecule has 0 aliphatic heterocycles. The van der Waals surface area contributed by atoms with Crippen LogP contribution in [0.4, 0.5) is 8.78 Å². The van der Waals surface area contributed by atoms with E-state index in [0.29, 0.717) is 34.9 Å². The van der Waals surface area contributed by atoms with Crippen molar-refractivity contribution in [1.82, 2.24) is 14.8 Å². The molecule has 3 rings (SSSR count). The van der Waals surface area contributed by atoms with Crippen molar-refractivity contribution in [3.8, 4) is 22.8 Å². The summed E-state index contributed by atoms with van der Waals surface area (Å²) >= 11 is 1.84. The molecular formula is C21H23F2N3O2S. The molecule has 1 aromatic heterocycles. The number of halogens is 2. The Labute approximate surface area is 172 Å². The average Bonchev–Trinajstić information content (AvgIpc) is 3.14. The van der Waals surface area contributed by atoms with Crippen LogP contribution in [0.15, 0.2) is 36.4 Å². The Morgan fingerprint density at radius 3 is 2.55 bits per heavy atom. The second-order valence-electron chi connectivity index (χ2n) is 6.38. The number of rotatable bonds is 9. The van der Waals surface area contributed by atoms with Crippen LogP contribution in [0.2, 0.25) is 0 Å². The fraction of sp³-hybridized carbons (Fsp3) is 0.333. The maximum Gasteiger partial charge on any atom is 0.167 e. The number of aliphatic hydroxyl groups excluding tert-OH is 1. The van der Waals surface area contributed by atoms with Gasteiger partial charge < -0.3 is 9.84 Å². The van der Waals surface area contributed by atoms with Crippen LogP contribution in [-0.4, -0.2) is 38.5 Å². The van der Waals surface area contributed by atoms with Gasteiger partial charge in [0.15, 0.2) is 11.6 Å². The van der Waals surface area contributed by atoms with Gasteiger partial charge in [-0.25, -0.2) is 18.4 Å². The Morgan fingerprint density at radius 1 is 1.14 bits per heavy atom. The summed E-state index contributed by atoms with van der Waals surface area (Å²) in [7, 11) is 1.52. The monoisotopic (exact) mass is 419 g/mol. The number of hydrogen-bond donors (Lipinski definition) is 1. The highest BCUT2D eigenvalue weighted by atomic mass is 32.2. The lowest BCUT2D eigenvalue weighted by atomic mass is 10.1. The molecule has 154 valence electrons. The molecule has 1 N–H and O–H groups in total. The van der Waals surface area contributed by atoms with E-state index in [1.54, 1.807) is 18.2 Å². The van der Waals surface area contributed by atoms with Crippen LogP contribution in [0.1, 0.15) is 24.7 Å². The SMILES string of the molecule is CCSCCCc1nc(-c2ccc(CO)cc2OC)n(-c2cc(F)cc(F)c2)n1. The van der Waals surface area contributed by atoms with Gasteiger partial charge in [-0.2, -0.15) is 16.9 Å². The van der Waals surface area contributed by atoms with Gasteiger partial charge in [0.25, 0.3) is 0 Å². The molecule has 0 amide bonds. The van der Waals surface area contributed by atoms with Gasteiger partial charge in [-0.3, -0.25) is 0 Å². The number of ether oxygens (including phenoxy) is 1. The summed E-state index contributed by atoms with van der Waals surface area (Å²) in [5.41, 5.74) is 1.55. The average molecular weight is 419 g/mol. The maximum absolute atomic E-state index is 13.8. The van der Waals surface area contributed by atoms with Gasteiger partial charge in [0, 0.05) is 12.5 Å². The quantitative estimate of drug-likeness (QED) is 0.521. The van der Waals surface area contributed by atoms with Crippen molar-refractivity contribution < 1.29 is 18.6 Å². The first-order chi connectivity index (χ1) is 14.0. The number of hydrogen-bond acceptors (Lipinski definition) is 5. The molecule has 0 saturated carbocycles. The molecule has 0 unspecified atom stereocenters. The Kier molecular flexibility index (Phi) is 7.22. The van der Waals surface area contributed by atoms with E-state index >= 15 is 0 Å². The summed E-state index contributed by atoms with van der Waals surface area (Å²) in [6, 6.07) is 8.47. The van der Waals surface area contributed by atoms with E-state index in [2.05, 4.69) is 17.0 Å². The minimum absolute atomic E-state index is 0.126. The maximum atomic E-state index is 13.8. The first kappa shape index (κ1) is 21.3. The van der Waals surface area contributed by atoms with Crippen molar-refractivity contribution in [1.29, 1.82) is 0 Å². The lowest BCUT2D eigenvalue weighted by Crippen LogP contribution is -2.03. The third-order valence-electron chi connectivity index (χ3n) is 4.33. The summed E-state index contributed by atoms with van der Waals surface area (Å²) in [5, 5.41) is 13.9. The second-order valence-corrected chi connectivity index (χ2v) is 7.78. The minimum Gasteiger partial charge on any atom is -0.496 e. The third-order valence-corrected chi connectivity index (χ3v) is 5.31. The largest absolute Gasteiger partial charge is 0.496 e. The molecule has 0 aliphatic rings. The van der Waals surface area contributed by atoms with Crippen LogP contribution < -0.4 is 4.74 Å². The van der Waals surface area contributed by atoms with Crippen LogP contribution in [-0.2, 0) is 13.0 Å². The Hall–Kier alpha value is -2.45. The van der Waals surface area contributed by atoms with Gasteiger partial charge in [-0.1, -0.05) is 13.0 Å². The van der Waals surface area contributed by atoms with Crippen molar-refractivity contribution in [2.45, 2.75) is 26.4 Å². The van der Waals surface area contributed by atoms with Crippen LogP contribution in [0.25, 0.3) is 17.1 Å². The zero-order valence-electron chi connectivity index (χ0n) is 16.4. The highest BCUT2D eigenvalue weighted by Crippen LogP contribution is 2.32. The minimum atomic E-state index is -0.690. The van der Waals surface area contributed by atoms with Gasteiger partial charge in [0.05, 0.1) is 25.0 Å². The van der Waals surface area contributed by atoms with Gasteiger partial charge >= 0.3 is 0 Å². The molecule has 1 heterocycles. The van der Waals surface area contributed by atoms with E-state index in [1.165, 1.54) is 23.9 Å². The Bertz CT molecular complexity index is 958. The number of nitrogens with zero attached hydrogens (tertiary/aromatic N) is 3. The Balaban J connectivity index is 2.08. The van der Waals surface area contributed by atoms with Crippen LogP contribution >= 0.6 is 11.8 Å². The zero-order chi connectivity index (χ0) is 20.8. The number of aromatic nitrogens is 3. The van der Waals surface area contributed by atoms with E-state index in [-0.39, 0.29) is 12.3 Å². The predicted molar refractivity (Wildman–Crippen MR) is 111 cm³/mol. The Morgan fingerprint density at radius 2 is 1.90 bits per heavy atom. The van der Waals surface area contributed by atoms with E-state index < -0.39 is 11.6 Å². The lowest BCUT2D eigenvalue weighted by molar-refractivity contribution is 0.281. The standard InChI is InChI=1S/C21H23F2N3O2S/c1-3-29-8-4-5-20-24-21(18-7-6-14(13-27)9-19(18)28-2)26(25-20)17-11-15(22)10-16(23)12-17/h6-7,9-12,27H,3-5,8,13H2,1-2H3. The van der Waals surface area contributed by atoms with E-state index in [4.69, 9.17) is 4.74 Å². The topological polar surface area (TPSA) is 60.2 Å². The molecular weight excluding hydrogens is 396 g/mol. The number of aryl methyl sites for hydroxylation is 1. The fourth-order valence-corrected chi connectivity index (χ4v) is 3.61. The van der Waals surface area contributed by atoms with E-state index in [0.717, 1.165) is 24.0 Å². The first-order valence-corrected chi connectivity index (χ1v) is 10.5. The first-order valence-electron chi connectivity index (χ1n) is 9.34. The highest BCUT2D eigenvalue weighted by molar-refractivity contribution is 7.99. The van der Waals surface area contributed by atoms with E-state index in [1.807, 2.05) is 11.8 Å². The fourth-order valence-electron chi connectivity index (χ4n) is 2.97. The summed E-state index contributed by atoms with van der Waals surface area (Å²) in [6.07, 6.45) is 1.56. The molecule has 0 aliphatic carbocycles. The molecule has 0 atom stereocenters. The normalized spacial score (nSPS) is 11.1. The van der Waals surface area contributed by atoms with Crippen LogP contribution in [0.5, 0.6) is 5.75 Å². The van der Waals surface area contributed by atoms with Crippen molar-refractivity contribution in [3.63, 3.8) is 0 Å². The number of thioether (sulfide) groups is 1. The summed E-state index contributed by atoms with van der Waals surface area (Å²) in [6.45, 7) is 1.98. The molecule has 0 bridgehead atoms. The summed E-state index contributed by atoms with van der Waals surface area (Å²) in [4.78, 5) is 4.63. The van der Waals surface area contributed by atoms with Crippen LogP contribution in [0, 0.1) is 11.6 Å².